The Morgan fingerprint density at radius 1 is 0.667 bits per heavy atom. The molecular weight excluding hydrogens is 254 g/mol. The molecule has 21 heavy (non-hydrogen) atoms. The van der Waals surface area contributed by atoms with Crippen molar-refractivity contribution in [2.45, 2.75) is 20.8 Å². The van der Waals surface area contributed by atoms with Gasteiger partial charge in [-0.2, -0.15) is 0 Å². The Hall–Kier alpha value is -1.86. The Morgan fingerprint density at radius 3 is 1.52 bits per heavy atom. The van der Waals surface area contributed by atoms with E-state index in [4.69, 9.17) is 0 Å². The lowest BCUT2D eigenvalue weighted by Gasteiger charge is -2.37. The molecule has 0 amide bonds. The van der Waals surface area contributed by atoms with Gasteiger partial charge in [-0.25, -0.2) is 0 Å². The fourth-order valence-electron chi connectivity index (χ4n) is 3.65. The van der Waals surface area contributed by atoms with E-state index in [1.54, 1.807) is 0 Å². The topological polar surface area (TPSA) is 0 Å². The molecule has 0 saturated heterocycles. The van der Waals surface area contributed by atoms with Crippen LogP contribution in [0.25, 0.3) is 21.5 Å². The van der Waals surface area contributed by atoms with Gasteiger partial charge in [0.2, 0.25) is 0 Å². The highest BCUT2D eigenvalue weighted by molar-refractivity contribution is 6.10. The highest BCUT2D eigenvalue weighted by Crippen LogP contribution is 2.39. The first-order valence-corrected chi connectivity index (χ1v) is 8.03. The molecule has 0 atom stereocenters. The minimum absolute atomic E-state index is 1.04. The van der Waals surface area contributed by atoms with Gasteiger partial charge >= 0.3 is 0 Å². The average molecular weight is 278 g/mol. The SMILES string of the molecule is CC[N+](CC)(CC)c1c2ccccc2cc2ccccc12. The summed E-state index contributed by atoms with van der Waals surface area (Å²) in [5.41, 5.74) is 1.50. The molecule has 3 aromatic carbocycles. The quantitative estimate of drug-likeness (QED) is 0.445. The van der Waals surface area contributed by atoms with Gasteiger partial charge < -0.3 is 0 Å². The van der Waals surface area contributed by atoms with Gasteiger partial charge in [0.05, 0.1) is 19.6 Å². The Bertz CT molecular complexity index is 707. The Labute approximate surface area is 127 Å². The predicted octanol–water partition coefficient (Wildman–Crippen LogP) is 5.36. The van der Waals surface area contributed by atoms with Crippen molar-refractivity contribution in [2.24, 2.45) is 0 Å². The van der Waals surface area contributed by atoms with Crippen LogP contribution in [0.3, 0.4) is 0 Å². The van der Waals surface area contributed by atoms with Crippen molar-refractivity contribution >= 4 is 27.2 Å². The molecule has 0 aliphatic heterocycles. The van der Waals surface area contributed by atoms with Crippen LogP contribution in [0, 0.1) is 0 Å². The largest absolute Gasteiger partial charge is 0.291 e. The van der Waals surface area contributed by atoms with E-state index in [0.717, 1.165) is 24.1 Å². The summed E-state index contributed by atoms with van der Waals surface area (Å²) in [6.07, 6.45) is 0. The average Bonchev–Trinajstić information content (AvgIpc) is 2.56. The second-order valence-electron chi connectivity index (χ2n) is 5.76. The molecule has 1 heteroatoms. The van der Waals surface area contributed by atoms with E-state index in [1.807, 2.05) is 0 Å². The third kappa shape index (κ3) is 2.13. The summed E-state index contributed by atoms with van der Waals surface area (Å²) in [5, 5.41) is 5.51. The van der Waals surface area contributed by atoms with Crippen molar-refractivity contribution in [1.29, 1.82) is 0 Å². The van der Waals surface area contributed by atoms with Gasteiger partial charge in [0, 0.05) is 10.8 Å². The minimum Gasteiger partial charge on any atom is -0.291 e. The normalized spacial score (nSPS) is 12.1. The smallest absolute Gasteiger partial charge is 0.148 e. The summed E-state index contributed by atoms with van der Waals surface area (Å²) in [6.45, 7) is 10.3. The fraction of sp³-hybridized carbons (Fsp3) is 0.300. The minimum atomic E-state index is 1.04. The zero-order valence-electron chi connectivity index (χ0n) is 13.3. The molecule has 0 aliphatic carbocycles. The molecule has 0 bridgehead atoms. The van der Waals surface area contributed by atoms with E-state index in [9.17, 15) is 0 Å². The number of hydrogen-bond donors (Lipinski definition) is 0. The van der Waals surface area contributed by atoms with Crippen LogP contribution in [-0.4, -0.2) is 19.6 Å². The maximum Gasteiger partial charge on any atom is 0.148 e. The fourth-order valence-corrected chi connectivity index (χ4v) is 3.65. The van der Waals surface area contributed by atoms with Crippen LogP contribution in [-0.2, 0) is 0 Å². The number of quaternary nitrogens is 1. The summed E-state index contributed by atoms with van der Waals surface area (Å²) < 4.78 is 1.04. The van der Waals surface area contributed by atoms with Gasteiger partial charge in [-0.15, -0.1) is 0 Å². The lowest BCUT2D eigenvalue weighted by Crippen LogP contribution is -2.49. The zero-order valence-corrected chi connectivity index (χ0v) is 13.3. The van der Waals surface area contributed by atoms with E-state index in [-0.39, 0.29) is 0 Å². The first-order valence-electron chi connectivity index (χ1n) is 8.03. The second kappa shape index (κ2) is 5.50. The van der Waals surface area contributed by atoms with E-state index < -0.39 is 0 Å². The molecule has 0 aromatic heterocycles. The second-order valence-corrected chi connectivity index (χ2v) is 5.76. The van der Waals surface area contributed by atoms with Crippen molar-refractivity contribution in [2.75, 3.05) is 19.6 Å². The number of nitrogens with zero attached hydrogens (tertiary/aromatic N) is 1. The van der Waals surface area contributed by atoms with Crippen LogP contribution in [0.2, 0.25) is 0 Å². The number of benzene rings is 3. The van der Waals surface area contributed by atoms with Gasteiger partial charge in [-0.3, -0.25) is 4.48 Å². The molecule has 0 unspecified atom stereocenters. The monoisotopic (exact) mass is 278 g/mol. The lowest BCUT2D eigenvalue weighted by atomic mass is 9.98. The maximum atomic E-state index is 2.32. The molecule has 0 saturated carbocycles. The van der Waals surface area contributed by atoms with Crippen molar-refractivity contribution in [1.82, 2.24) is 4.48 Å². The number of fused-ring (bicyclic) bond motifs is 2. The number of hydrogen-bond acceptors (Lipinski definition) is 0. The number of rotatable bonds is 4. The zero-order chi connectivity index (χ0) is 14.9. The third-order valence-corrected chi connectivity index (χ3v) is 5.03. The molecule has 0 radical (unpaired) electrons. The molecule has 0 fully saturated rings. The molecule has 3 rings (SSSR count). The van der Waals surface area contributed by atoms with Crippen LogP contribution in [0.1, 0.15) is 20.8 Å². The van der Waals surface area contributed by atoms with Crippen molar-refractivity contribution < 1.29 is 0 Å². The first-order chi connectivity index (χ1) is 10.3. The van der Waals surface area contributed by atoms with Gasteiger partial charge in [0.25, 0.3) is 0 Å². The third-order valence-electron chi connectivity index (χ3n) is 5.03. The molecule has 3 aromatic rings. The molecule has 1 nitrogen and oxygen atoms in total. The van der Waals surface area contributed by atoms with Crippen LogP contribution < -0.4 is 4.48 Å². The Balaban J connectivity index is 2.51. The molecule has 108 valence electrons. The molecule has 0 spiro atoms. The molecule has 0 heterocycles. The van der Waals surface area contributed by atoms with Crippen LogP contribution in [0.15, 0.2) is 54.6 Å². The maximum absolute atomic E-state index is 2.32. The van der Waals surface area contributed by atoms with E-state index in [0.29, 0.717) is 0 Å². The van der Waals surface area contributed by atoms with Crippen LogP contribution in [0.4, 0.5) is 5.69 Å². The van der Waals surface area contributed by atoms with Crippen LogP contribution >= 0.6 is 0 Å². The van der Waals surface area contributed by atoms with Crippen molar-refractivity contribution in [3.8, 4) is 0 Å². The van der Waals surface area contributed by atoms with Gasteiger partial charge in [-0.1, -0.05) is 36.4 Å². The van der Waals surface area contributed by atoms with E-state index in [2.05, 4.69) is 75.4 Å². The molecule has 0 N–H and O–H groups in total. The van der Waals surface area contributed by atoms with Gasteiger partial charge in [0.15, 0.2) is 0 Å². The Morgan fingerprint density at radius 2 is 1.10 bits per heavy atom. The van der Waals surface area contributed by atoms with Crippen molar-refractivity contribution in [3.05, 3.63) is 54.6 Å². The standard InChI is InChI=1S/C20H24N/c1-4-21(5-2,6-3)20-18-13-9-7-11-16(18)15-17-12-8-10-14-19(17)20/h7-15H,4-6H2,1-3H3/q+1. The summed E-state index contributed by atoms with van der Waals surface area (Å²) in [6, 6.07) is 20.0. The summed E-state index contributed by atoms with van der Waals surface area (Å²) in [4.78, 5) is 0. The summed E-state index contributed by atoms with van der Waals surface area (Å²) in [5.74, 6) is 0. The predicted molar refractivity (Wildman–Crippen MR) is 94.9 cm³/mol. The van der Waals surface area contributed by atoms with E-state index >= 15 is 0 Å². The summed E-state index contributed by atoms with van der Waals surface area (Å²) >= 11 is 0. The van der Waals surface area contributed by atoms with Gasteiger partial charge in [-0.05, 0) is 49.7 Å². The lowest BCUT2D eigenvalue weighted by molar-refractivity contribution is 0.321. The molecular formula is C20H24N+. The van der Waals surface area contributed by atoms with E-state index in [1.165, 1.54) is 27.2 Å². The highest BCUT2D eigenvalue weighted by Gasteiger charge is 2.28. The van der Waals surface area contributed by atoms with Gasteiger partial charge in [0.1, 0.15) is 5.69 Å². The summed E-state index contributed by atoms with van der Waals surface area (Å²) in [7, 11) is 0. The van der Waals surface area contributed by atoms with Crippen LogP contribution in [0.5, 0.6) is 0 Å². The molecule has 0 aliphatic rings. The van der Waals surface area contributed by atoms with Crippen molar-refractivity contribution in [3.63, 3.8) is 0 Å². The highest BCUT2D eigenvalue weighted by atomic mass is 15.3. The first kappa shape index (κ1) is 14.1. The Kier molecular flexibility index (Phi) is 3.69.